The molecule has 1 saturated carbocycles. The quantitative estimate of drug-likeness (QED) is 0.0131. The summed E-state index contributed by atoms with van der Waals surface area (Å²) in [5.41, 5.74) is 0. The first kappa shape index (κ1) is 61.3. The minimum absolute atomic E-state index is 0.0705. The van der Waals surface area contributed by atoms with E-state index in [9.17, 15) is 49.7 Å². The summed E-state index contributed by atoms with van der Waals surface area (Å²) in [6, 6.07) is 0. The highest BCUT2D eigenvalue weighted by Gasteiger charge is 2.51. The van der Waals surface area contributed by atoms with Gasteiger partial charge in [0.1, 0.15) is 43.2 Å². The number of rotatable bonds is 40. The Balaban J connectivity index is 2.47. The number of hydrogen-bond donors (Lipinski definition) is 7. The number of carbonyl (C=O) groups excluding carboxylic acids is 2. The van der Waals surface area contributed by atoms with E-state index in [1.807, 2.05) is 12.2 Å². The van der Waals surface area contributed by atoms with Gasteiger partial charge >= 0.3 is 19.8 Å². The topological polar surface area (TPSA) is 230 Å². The fraction of sp³-hybridized carbons (Fsp3) is 0.725. The predicted molar refractivity (Wildman–Crippen MR) is 259 cm³/mol. The molecular formula is C51H87O14P. The lowest BCUT2D eigenvalue weighted by atomic mass is 9.85. The summed E-state index contributed by atoms with van der Waals surface area (Å²) in [6.45, 7) is 2.78. The van der Waals surface area contributed by atoms with Gasteiger partial charge in [-0.2, -0.15) is 0 Å². The smallest absolute Gasteiger partial charge is 0.462 e. The molecule has 0 radical (unpaired) electrons. The van der Waals surface area contributed by atoms with Crippen molar-refractivity contribution in [3.05, 3.63) is 72.9 Å². The average Bonchev–Trinajstić information content (AvgIpc) is 3.29. The van der Waals surface area contributed by atoms with Crippen molar-refractivity contribution in [2.75, 3.05) is 13.2 Å². The van der Waals surface area contributed by atoms with Crippen molar-refractivity contribution in [3.63, 3.8) is 0 Å². The second-order valence-electron chi connectivity index (χ2n) is 17.2. The van der Waals surface area contributed by atoms with E-state index in [0.29, 0.717) is 19.3 Å². The SMILES string of the molecule is CCCCC/C=C\C/C=C\CCCCCCCCCCCC(=O)O[C@H](COC(=O)CCC/C=C\C/C=C\C/C=C\C/C=C\CCC[C@@H](C)O)COP(=O)(O)OC1[C@H](O)[C@H](O)C(O)[C@H](O)[C@H]1O. The van der Waals surface area contributed by atoms with Crippen LogP contribution in [0.3, 0.4) is 0 Å². The van der Waals surface area contributed by atoms with E-state index in [-0.39, 0.29) is 18.9 Å². The van der Waals surface area contributed by atoms with E-state index in [0.717, 1.165) is 77.0 Å². The van der Waals surface area contributed by atoms with Gasteiger partial charge in [0.15, 0.2) is 6.10 Å². The number of aliphatic hydroxyl groups excluding tert-OH is 6. The molecule has 15 heteroatoms. The van der Waals surface area contributed by atoms with Crippen molar-refractivity contribution < 1.29 is 68.2 Å². The minimum Gasteiger partial charge on any atom is -0.462 e. The Hall–Kier alpha value is -2.75. The lowest BCUT2D eigenvalue weighted by Crippen LogP contribution is -2.64. The van der Waals surface area contributed by atoms with Crippen molar-refractivity contribution in [2.24, 2.45) is 0 Å². The predicted octanol–water partition coefficient (Wildman–Crippen LogP) is 9.25. The summed E-state index contributed by atoms with van der Waals surface area (Å²) in [7, 11) is -5.15. The van der Waals surface area contributed by atoms with Gasteiger partial charge in [-0.1, -0.05) is 138 Å². The highest BCUT2D eigenvalue weighted by Crippen LogP contribution is 2.47. The monoisotopic (exact) mass is 955 g/mol. The molecule has 7 N–H and O–H groups in total. The maximum Gasteiger partial charge on any atom is 0.472 e. The molecule has 1 fully saturated rings. The molecule has 1 rings (SSSR count). The largest absolute Gasteiger partial charge is 0.472 e. The van der Waals surface area contributed by atoms with E-state index in [4.69, 9.17) is 18.5 Å². The van der Waals surface area contributed by atoms with E-state index in [1.165, 1.54) is 51.4 Å². The number of ether oxygens (including phenoxy) is 2. The lowest BCUT2D eigenvalue weighted by molar-refractivity contribution is -0.220. The Morgan fingerprint density at radius 3 is 1.44 bits per heavy atom. The molecule has 1 aliphatic rings. The van der Waals surface area contributed by atoms with E-state index in [1.54, 1.807) is 6.92 Å². The fourth-order valence-electron chi connectivity index (χ4n) is 7.03. The van der Waals surface area contributed by atoms with Gasteiger partial charge in [-0.25, -0.2) is 4.57 Å². The molecule has 0 aliphatic heterocycles. The van der Waals surface area contributed by atoms with Gasteiger partial charge in [0, 0.05) is 12.8 Å². The first-order valence-electron chi connectivity index (χ1n) is 24.8. The third-order valence-corrected chi connectivity index (χ3v) is 12.0. The molecule has 0 aromatic rings. The number of phosphoric ester groups is 1. The summed E-state index contributed by atoms with van der Waals surface area (Å²) in [4.78, 5) is 35.8. The highest BCUT2D eigenvalue weighted by molar-refractivity contribution is 7.47. The van der Waals surface area contributed by atoms with Crippen LogP contribution in [-0.4, -0.2) is 110 Å². The van der Waals surface area contributed by atoms with Crippen LogP contribution < -0.4 is 0 Å². The Labute approximate surface area is 396 Å². The first-order valence-corrected chi connectivity index (χ1v) is 26.3. The molecule has 0 spiro atoms. The standard InChI is InChI=1S/C51H87O14P/c1-3-4-5-6-7-8-9-10-11-12-13-14-17-21-24-27-30-33-36-39-45(54)64-43(41-63-66(60,61)65-51-49(58)47(56)46(55)48(57)50(51)59)40-62-44(53)38-35-32-29-26-23-20-18-15-16-19-22-25-28-31-34-37-42(2)52/h7-8,10-11,16,18-20,25-26,28-29,42-43,46-52,55-59H,3-6,9,12-15,17,21-24,27,30-41H2,1-2H3,(H,60,61)/b8-7-,11-10-,19-16-,20-18-,28-25-,29-26-/t42-,43-,46?,47-,48+,49-,50-,51?/m1/s1. The number of esters is 2. The summed E-state index contributed by atoms with van der Waals surface area (Å²) in [5, 5.41) is 59.5. The summed E-state index contributed by atoms with van der Waals surface area (Å²) >= 11 is 0. The Bertz CT molecular complexity index is 1440. The van der Waals surface area contributed by atoms with Gasteiger partial charge in [-0.15, -0.1) is 0 Å². The first-order chi connectivity index (χ1) is 31.8. The maximum absolute atomic E-state index is 12.8. The Kier molecular flexibility index (Phi) is 37.3. The van der Waals surface area contributed by atoms with E-state index >= 15 is 0 Å². The van der Waals surface area contributed by atoms with Crippen molar-refractivity contribution in [1.29, 1.82) is 0 Å². The van der Waals surface area contributed by atoms with Crippen LogP contribution in [0.4, 0.5) is 0 Å². The number of phosphoric acid groups is 1. The molecule has 3 unspecified atom stereocenters. The molecule has 14 nitrogen and oxygen atoms in total. The van der Waals surface area contributed by atoms with Gasteiger partial charge in [0.05, 0.1) is 12.7 Å². The second kappa shape index (κ2) is 40.2. The lowest BCUT2D eigenvalue weighted by Gasteiger charge is -2.41. The number of unbranched alkanes of at least 4 members (excludes halogenated alkanes) is 14. The van der Waals surface area contributed by atoms with Crippen LogP contribution in [0.15, 0.2) is 72.9 Å². The molecule has 380 valence electrons. The zero-order valence-electron chi connectivity index (χ0n) is 40.1. The van der Waals surface area contributed by atoms with Gasteiger partial charge in [-0.3, -0.25) is 18.6 Å². The number of aliphatic hydroxyl groups is 6. The molecule has 0 amide bonds. The van der Waals surface area contributed by atoms with Crippen molar-refractivity contribution >= 4 is 19.8 Å². The van der Waals surface area contributed by atoms with Gasteiger partial charge in [-0.05, 0) is 96.8 Å². The number of hydrogen-bond acceptors (Lipinski definition) is 13. The Morgan fingerprint density at radius 2 is 0.939 bits per heavy atom. The van der Waals surface area contributed by atoms with E-state index < -0.39 is 75.7 Å². The van der Waals surface area contributed by atoms with Crippen LogP contribution in [0, 0.1) is 0 Å². The zero-order chi connectivity index (χ0) is 48.7. The minimum atomic E-state index is -5.15. The molecule has 9 atom stereocenters. The third kappa shape index (κ3) is 32.9. The van der Waals surface area contributed by atoms with Crippen LogP contribution in [0.1, 0.15) is 174 Å². The van der Waals surface area contributed by atoms with Crippen LogP contribution in [-0.2, 0) is 32.7 Å². The van der Waals surface area contributed by atoms with Crippen molar-refractivity contribution in [1.82, 2.24) is 0 Å². The van der Waals surface area contributed by atoms with Gasteiger partial charge in [0.25, 0.3) is 0 Å². The van der Waals surface area contributed by atoms with Crippen LogP contribution in [0.2, 0.25) is 0 Å². The van der Waals surface area contributed by atoms with Crippen LogP contribution >= 0.6 is 7.82 Å². The molecular weight excluding hydrogens is 868 g/mol. The zero-order valence-corrected chi connectivity index (χ0v) is 41.0. The highest BCUT2D eigenvalue weighted by atomic mass is 31.2. The number of allylic oxidation sites excluding steroid dienone is 12. The van der Waals surface area contributed by atoms with Crippen LogP contribution in [0.5, 0.6) is 0 Å². The van der Waals surface area contributed by atoms with Crippen LogP contribution in [0.25, 0.3) is 0 Å². The fourth-order valence-corrected chi connectivity index (χ4v) is 8.01. The molecule has 1 aliphatic carbocycles. The molecule has 0 aromatic heterocycles. The second-order valence-corrected chi connectivity index (χ2v) is 18.6. The maximum atomic E-state index is 12.8. The summed E-state index contributed by atoms with van der Waals surface area (Å²) in [6.07, 6.45) is 35.1. The normalized spacial score (nSPS) is 22.4. The summed E-state index contributed by atoms with van der Waals surface area (Å²) < 4.78 is 33.5. The van der Waals surface area contributed by atoms with E-state index in [2.05, 4.69) is 67.7 Å². The third-order valence-electron chi connectivity index (χ3n) is 11.0. The molecule has 0 aromatic carbocycles. The Morgan fingerprint density at radius 1 is 0.530 bits per heavy atom. The van der Waals surface area contributed by atoms with Gasteiger partial charge < -0.3 is 45.0 Å². The summed E-state index contributed by atoms with van der Waals surface area (Å²) in [5.74, 6) is -1.19. The average molecular weight is 955 g/mol. The van der Waals surface area contributed by atoms with Crippen molar-refractivity contribution in [2.45, 2.75) is 223 Å². The number of carbonyl (C=O) groups is 2. The van der Waals surface area contributed by atoms with Crippen molar-refractivity contribution in [3.8, 4) is 0 Å². The molecule has 0 saturated heterocycles. The molecule has 66 heavy (non-hydrogen) atoms. The molecule has 0 bridgehead atoms. The molecule has 0 heterocycles. The van der Waals surface area contributed by atoms with Gasteiger partial charge in [0.2, 0.25) is 0 Å².